The third-order valence-electron chi connectivity index (χ3n) is 2.06. The minimum Gasteiger partial charge on any atom is -0.394 e. The molecule has 1 atom stereocenters. The summed E-state index contributed by atoms with van der Waals surface area (Å²) < 4.78 is 5.45. The van der Waals surface area contributed by atoms with Crippen LogP contribution in [-0.4, -0.2) is 30.0 Å². The Morgan fingerprint density at radius 2 is 2.27 bits per heavy atom. The monoisotopic (exact) mass is 159 g/mol. The Balaban J connectivity index is 2.09. The van der Waals surface area contributed by atoms with Gasteiger partial charge in [0.2, 0.25) is 0 Å². The molecule has 0 aromatic rings. The zero-order valence-electron chi connectivity index (χ0n) is 7.05. The normalized spacial score (nSPS) is 24.3. The number of nitrogens with two attached hydrogens (primary N) is 1. The quantitative estimate of drug-likeness (QED) is 0.619. The highest BCUT2D eigenvalue weighted by molar-refractivity contribution is 4.79. The predicted octanol–water partition coefficient (Wildman–Crippen LogP) is 0.265. The second-order valence-corrected chi connectivity index (χ2v) is 3.68. The summed E-state index contributed by atoms with van der Waals surface area (Å²) in [5, 5.41) is 8.79. The molecule has 0 heterocycles. The van der Waals surface area contributed by atoms with E-state index < -0.39 is 5.54 Å². The second-order valence-electron chi connectivity index (χ2n) is 3.68. The van der Waals surface area contributed by atoms with Crippen LogP contribution >= 0.6 is 0 Å². The summed E-state index contributed by atoms with van der Waals surface area (Å²) in [6.45, 7) is 2.25. The molecule has 66 valence electrons. The Labute approximate surface area is 67.5 Å². The van der Waals surface area contributed by atoms with Crippen LogP contribution in [0, 0.1) is 0 Å². The standard InChI is InChI=1S/C8H17NO2/c1-8(9,5-10)6-11-7-3-2-4-7/h7,10H,2-6,9H2,1H3/t8-/m1/s1. The summed E-state index contributed by atoms with van der Waals surface area (Å²) >= 11 is 0. The highest BCUT2D eigenvalue weighted by Gasteiger charge is 2.23. The van der Waals surface area contributed by atoms with Gasteiger partial charge in [-0.05, 0) is 26.2 Å². The van der Waals surface area contributed by atoms with E-state index in [1.807, 2.05) is 0 Å². The highest BCUT2D eigenvalue weighted by Crippen LogP contribution is 2.22. The van der Waals surface area contributed by atoms with Gasteiger partial charge in [-0.3, -0.25) is 0 Å². The van der Waals surface area contributed by atoms with E-state index in [-0.39, 0.29) is 6.61 Å². The van der Waals surface area contributed by atoms with Gasteiger partial charge < -0.3 is 15.6 Å². The molecular weight excluding hydrogens is 142 g/mol. The van der Waals surface area contributed by atoms with Crippen molar-refractivity contribution in [2.24, 2.45) is 5.73 Å². The van der Waals surface area contributed by atoms with Crippen molar-refractivity contribution < 1.29 is 9.84 Å². The number of ether oxygens (including phenoxy) is 1. The third kappa shape index (κ3) is 2.77. The van der Waals surface area contributed by atoms with E-state index >= 15 is 0 Å². The number of aliphatic hydroxyl groups excluding tert-OH is 1. The van der Waals surface area contributed by atoms with Crippen LogP contribution < -0.4 is 5.73 Å². The van der Waals surface area contributed by atoms with Gasteiger partial charge in [0.15, 0.2) is 0 Å². The molecule has 0 saturated heterocycles. The van der Waals surface area contributed by atoms with Crippen molar-refractivity contribution in [2.75, 3.05) is 13.2 Å². The molecule has 3 heteroatoms. The fraction of sp³-hybridized carbons (Fsp3) is 1.00. The van der Waals surface area contributed by atoms with Crippen LogP contribution in [-0.2, 0) is 4.74 Å². The van der Waals surface area contributed by atoms with Crippen molar-refractivity contribution in [2.45, 2.75) is 37.8 Å². The molecule has 1 rings (SSSR count). The number of aliphatic hydroxyl groups is 1. The van der Waals surface area contributed by atoms with Crippen LogP contribution in [0.15, 0.2) is 0 Å². The molecule has 0 aromatic carbocycles. The molecule has 0 unspecified atom stereocenters. The molecule has 1 aliphatic carbocycles. The van der Waals surface area contributed by atoms with Crippen LogP contribution in [0.2, 0.25) is 0 Å². The maximum Gasteiger partial charge on any atom is 0.0669 e. The molecular formula is C8H17NO2. The average molecular weight is 159 g/mol. The molecule has 1 fully saturated rings. The fourth-order valence-corrected chi connectivity index (χ4v) is 0.891. The molecule has 0 bridgehead atoms. The first-order valence-electron chi connectivity index (χ1n) is 4.15. The van der Waals surface area contributed by atoms with Gasteiger partial charge in [-0.25, -0.2) is 0 Å². The highest BCUT2D eigenvalue weighted by atomic mass is 16.5. The SMILES string of the molecule is C[C@@](N)(CO)COC1CCC1. The van der Waals surface area contributed by atoms with Crippen molar-refractivity contribution in [1.82, 2.24) is 0 Å². The van der Waals surface area contributed by atoms with Crippen molar-refractivity contribution >= 4 is 0 Å². The molecule has 1 aliphatic rings. The van der Waals surface area contributed by atoms with E-state index in [9.17, 15) is 0 Å². The Bertz CT molecular complexity index is 121. The molecule has 3 nitrogen and oxygen atoms in total. The minimum absolute atomic E-state index is 0.0142. The van der Waals surface area contributed by atoms with Gasteiger partial charge in [0.1, 0.15) is 0 Å². The molecule has 0 aliphatic heterocycles. The number of rotatable bonds is 4. The maximum atomic E-state index is 8.79. The lowest BCUT2D eigenvalue weighted by molar-refractivity contribution is -0.0289. The molecule has 0 radical (unpaired) electrons. The van der Waals surface area contributed by atoms with Gasteiger partial charge in [-0.1, -0.05) is 0 Å². The lowest BCUT2D eigenvalue weighted by atomic mass is 9.96. The van der Waals surface area contributed by atoms with E-state index in [2.05, 4.69) is 0 Å². The first kappa shape index (κ1) is 8.97. The van der Waals surface area contributed by atoms with Crippen molar-refractivity contribution in [3.05, 3.63) is 0 Å². The Morgan fingerprint density at radius 3 is 2.64 bits per heavy atom. The van der Waals surface area contributed by atoms with Crippen LogP contribution in [0.4, 0.5) is 0 Å². The Hall–Kier alpha value is -0.120. The number of hydrogen-bond donors (Lipinski definition) is 2. The van der Waals surface area contributed by atoms with Gasteiger partial charge in [0.05, 0.1) is 24.9 Å². The summed E-state index contributed by atoms with van der Waals surface area (Å²) in [6, 6.07) is 0. The van der Waals surface area contributed by atoms with E-state index in [4.69, 9.17) is 15.6 Å². The Morgan fingerprint density at radius 1 is 1.64 bits per heavy atom. The van der Waals surface area contributed by atoms with Crippen LogP contribution in [0.1, 0.15) is 26.2 Å². The van der Waals surface area contributed by atoms with Crippen molar-refractivity contribution in [3.63, 3.8) is 0 Å². The first-order valence-corrected chi connectivity index (χ1v) is 4.15. The van der Waals surface area contributed by atoms with Gasteiger partial charge in [0.25, 0.3) is 0 Å². The predicted molar refractivity (Wildman–Crippen MR) is 43.3 cm³/mol. The minimum atomic E-state index is -0.560. The maximum absolute atomic E-state index is 8.79. The molecule has 11 heavy (non-hydrogen) atoms. The van der Waals surface area contributed by atoms with Gasteiger partial charge in [-0.2, -0.15) is 0 Å². The van der Waals surface area contributed by atoms with E-state index in [1.165, 1.54) is 6.42 Å². The lowest BCUT2D eigenvalue weighted by Gasteiger charge is -2.30. The smallest absolute Gasteiger partial charge is 0.0669 e. The summed E-state index contributed by atoms with van der Waals surface area (Å²) in [6.07, 6.45) is 3.98. The molecule has 0 amide bonds. The lowest BCUT2D eigenvalue weighted by Crippen LogP contribution is -2.46. The van der Waals surface area contributed by atoms with E-state index in [0.717, 1.165) is 12.8 Å². The molecule has 0 aromatic heterocycles. The van der Waals surface area contributed by atoms with Gasteiger partial charge in [0, 0.05) is 0 Å². The fourth-order valence-electron chi connectivity index (χ4n) is 0.891. The summed E-state index contributed by atoms with van der Waals surface area (Å²) in [4.78, 5) is 0. The molecule has 3 N–H and O–H groups in total. The Kier molecular flexibility index (Phi) is 2.87. The van der Waals surface area contributed by atoms with Gasteiger partial charge >= 0.3 is 0 Å². The molecule has 0 spiro atoms. The molecule has 1 saturated carbocycles. The van der Waals surface area contributed by atoms with Gasteiger partial charge in [-0.15, -0.1) is 0 Å². The van der Waals surface area contributed by atoms with E-state index in [1.54, 1.807) is 6.92 Å². The summed E-state index contributed by atoms with van der Waals surface area (Å²) in [5.41, 5.74) is 5.11. The first-order chi connectivity index (χ1) is 5.14. The van der Waals surface area contributed by atoms with Crippen molar-refractivity contribution in [1.29, 1.82) is 0 Å². The summed E-state index contributed by atoms with van der Waals surface area (Å²) in [7, 11) is 0. The zero-order valence-corrected chi connectivity index (χ0v) is 7.05. The van der Waals surface area contributed by atoms with Crippen LogP contribution in [0.5, 0.6) is 0 Å². The van der Waals surface area contributed by atoms with Crippen LogP contribution in [0.3, 0.4) is 0 Å². The zero-order chi connectivity index (χ0) is 8.32. The largest absolute Gasteiger partial charge is 0.394 e. The topological polar surface area (TPSA) is 55.5 Å². The average Bonchev–Trinajstić information content (AvgIpc) is 1.84. The van der Waals surface area contributed by atoms with Crippen molar-refractivity contribution in [3.8, 4) is 0 Å². The third-order valence-corrected chi connectivity index (χ3v) is 2.06. The number of hydrogen-bond acceptors (Lipinski definition) is 3. The van der Waals surface area contributed by atoms with Crippen LogP contribution in [0.25, 0.3) is 0 Å². The second kappa shape index (κ2) is 3.52. The summed E-state index contributed by atoms with van der Waals surface area (Å²) in [5.74, 6) is 0. The van der Waals surface area contributed by atoms with E-state index in [0.29, 0.717) is 12.7 Å².